The number of nitrogens with one attached hydrogen (secondary N) is 1. The lowest BCUT2D eigenvalue weighted by Gasteiger charge is -2.23. The Morgan fingerprint density at radius 2 is 1.89 bits per heavy atom. The Kier molecular flexibility index (Phi) is 3.58. The largest absolute Gasteiger partial charge is 0.493 e. The second-order valence-corrected chi connectivity index (χ2v) is 5.69. The fourth-order valence-corrected chi connectivity index (χ4v) is 3.00. The molecule has 0 aromatic heterocycles. The van der Waals surface area contributed by atoms with Gasteiger partial charge in [-0.05, 0) is 30.8 Å². The molecule has 1 aliphatic rings. The van der Waals surface area contributed by atoms with E-state index >= 15 is 0 Å². The van der Waals surface area contributed by atoms with Gasteiger partial charge in [0.25, 0.3) is 0 Å². The van der Waals surface area contributed by atoms with Crippen molar-refractivity contribution in [3.63, 3.8) is 0 Å². The van der Waals surface area contributed by atoms with Crippen LogP contribution in [0.2, 0.25) is 0 Å². The first-order valence-corrected chi connectivity index (χ1v) is 7.23. The molecule has 2 aromatic carbocycles. The van der Waals surface area contributed by atoms with E-state index in [0.717, 1.165) is 16.8 Å². The number of likely N-dealkylation sites (N-methyl/N-ethyl adjacent to an activating group) is 1. The molecule has 1 aliphatic heterocycles. The van der Waals surface area contributed by atoms with E-state index in [2.05, 4.69) is 57.6 Å². The molecule has 0 spiro atoms. The van der Waals surface area contributed by atoms with E-state index in [1.807, 2.05) is 19.2 Å². The van der Waals surface area contributed by atoms with Crippen LogP contribution in [0.1, 0.15) is 23.1 Å². The van der Waals surface area contributed by atoms with E-state index in [1.54, 1.807) is 0 Å². The molecule has 0 bridgehead atoms. The maximum absolute atomic E-state index is 5.79. The van der Waals surface area contributed by atoms with E-state index in [1.165, 1.54) is 11.1 Å². The van der Waals surface area contributed by atoms with Crippen LogP contribution in [0.3, 0.4) is 0 Å². The third-order valence-electron chi connectivity index (χ3n) is 3.68. The highest BCUT2D eigenvalue weighted by Crippen LogP contribution is 2.41. The first-order chi connectivity index (χ1) is 9.29. The van der Waals surface area contributed by atoms with Gasteiger partial charge in [0.05, 0.1) is 6.61 Å². The molecule has 3 heteroatoms. The number of benzene rings is 2. The van der Waals surface area contributed by atoms with Crippen LogP contribution in [0.25, 0.3) is 0 Å². The SMILES string of the molecule is CNC(c1ccc(Br)cc1)C1COc2ccccc21. The smallest absolute Gasteiger partial charge is 0.122 e. The lowest BCUT2D eigenvalue weighted by atomic mass is 9.89. The number of hydrogen-bond donors (Lipinski definition) is 1. The van der Waals surface area contributed by atoms with Crippen molar-refractivity contribution < 1.29 is 4.74 Å². The summed E-state index contributed by atoms with van der Waals surface area (Å²) in [6.45, 7) is 0.737. The summed E-state index contributed by atoms with van der Waals surface area (Å²) in [6.07, 6.45) is 0. The fraction of sp³-hybridized carbons (Fsp3) is 0.250. The normalized spacial score (nSPS) is 18.7. The fourth-order valence-electron chi connectivity index (χ4n) is 2.73. The van der Waals surface area contributed by atoms with Crippen molar-refractivity contribution in [2.45, 2.75) is 12.0 Å². The van der Waals surface area contributed by atoms with Crippen LogP contribution < -0.4 is 10.1 Å². The van der Waals surface area contributed by atoms with Gasteiger partial charge in [0, 0.05) is 22.0 Å². The Morgan fingerprint density at radius 1 is 1.16 bits per heavy atom. The van der Waals surface area contributed by atoms with Crippen molar-refractivity contribution in [1.82, 2.24) is 5.32 Å². The highest BCUT2D eigenvalue weighted by Gasteiger charge is 2.31. The van der Waals surface area contributed by atoms with Crippen LogP contribution in [0, 0.1) is 0 Å². The van der Waals surface area contributed by atoms with Gasteiger partial charge in [0.15, 0.2) is 0 Å². The second kappa shape index (κ2) is 5.35. The van der Waals surface area contributed by atoms with Crippen LogP contribution >= 0.6 is 15.9 Å². The topological polar surface area (TPSA) is 21.3 Å². The molecule has 0 saturated carbocycles. The van der Waals surface area contributed by atoms with E-state index in [-0.39, 0.29) is 6.04 Å². The molecule has 0 aliphatic carbocycles. The minimum absolute atomic E-state index is 0.275. The minimum Gasteiger partial charge on any atom is -0.493 e. The third-order valence-corrected chi connectivity index (χ3v) is 4.21. The summed E-state index contributed by atoms with van der Waals surface area (Å²) >= 11 is 3.48. The summed E-state index contributed by atoms with van der Waals surface area (Å²) in [6, 6.07) is 17.1. The van der Waals surface area contributed by atoms with Crippen LogP contribution in [0.15, 0.2) is 53.0 Å². The number of hydrogen-bond acceptors (Lipinski definition) is 2. The average Bonchev–Trinajstić information content (AvgIpc) is 2.86. The zero-order chi connectivity index (χ0) is 13.2. The summed E-state index contributed by atoms with van der Waals surface area (Å²) in [7, 11) is 2.01. The van der Waals surface area contributed by atoms with E-state index in [9.17, 15) is 0 Å². The van der Waals surface area contributed by atoms with E-state index in [0.29, 0.717) is 5.92 Å². The molecule has 2 atom stereocenters. The Labute approximate surface area is 121 Å². The van der Waals surface area contributed by atoms with Crippen molar-refractivity contribution in [1.29, 1.82) is 0 Å². The van der Waals surface area contributed by atoms with Gasteiger partial charge < -0.3 is 10.1 Å². The van der Waals surface area contributed by atoms with Crippen LogP contribution in [-0.4, -0.2) is 13.7 Å². The highest BCUT2D eigenvalue weighted by atomic mass is 79.9. The summed E-state index contributed by atoms with van der Waals surface area (Å²) in [5.41, 5.74) is 2.58. The average molecular weight is 318 g/mol. The standard InChI is InChI=1S/C16H16BrNO/c1-18-16(11-6-8-12(17)9-7-11)14-10-19-15-5-3-2-4-13(14)15/h2-9,14,16,18H,10H2,1H3. The third kappa shape index (κ3) is 2.40. The van der Waals surface area contributed by atoms with Crippen molar-refractivity contribution in [3.8, 4) is 5.75 Å². The first kappa shape index (κ1) is 12.7. The molecular formula is C16H16BrNO. The maximum atomic E-state index is 5.79. The summed E-state index contributed by atoms with van der Waals surface area (Å²) in [4.78, 5) is 0. The minimum atomic E-state index is 0.275. The van der Waals surface area contributed by atoms with Gasteiger partial charge in [-0.1, -0.05) is 46.3 Å². The number of fused-ring (bicyclic) bond motifs is 1. The van der Waals surface area contributed by atoms with E-state index < -0.39 is 0 Å². The first-order valence-electron chi connectivity index (χ1n) is 6.44. The van der Waals surface area contributed by atoms with Crippen molar-refractivity contribution in [2.75, 3.05) is 13.7 Å². The summed E-state index contributed by atoms with van der Waals surface area (Å²) in [5.74, 6) is 1.38. The Bertz CT molecular complexity index is 567. The van der Waals surface area contributed by atoms with Gasteiger partial charge in [-0.3, -0.25) is 0 Å². The quantitative estimate of drug-likeness (QED) is 0.927. The van der Waals surface area contributed by atoms with Gasteiger partial charge in [-0.2, -0.15) is 0 Å². The van der Waals surface area contributed by atoms with E-state index in [4.69, 9.17) is 4.74 Å². The zero-order valence-corrected chi connectivity index (χ0v) is 12.4. The van der Waals surface area contributed by atoms with Gasteiger partial charge in [-0.15, -0.1) is 0 Å². The Morgan fingerprint density at radius 3 is 2.63 bits per heavy atom. The molecule has 3 rings (SSSR count). The monoisotopic (exact) mass is 317 g/mol. The number of para-hydroxylation sites is 1. The molecule has 98 valence electrons. The molecule has 1 heterocycles. The molecule has 0 fully saturated rings. The zero-order valence-electron chi connectivity index (χ0n) is 10.8. The van der Waals surface area contributed by atoms with Gasteiger partial charge in [0.1, 0.15) is 5.75 Å². The predicted octanol–water partition coefficient (Wildman–Crippen LogP) is 3.89. The van der Waals surface area contributed by atoms with Gasteiger partial charge in [0.2, 0.25) is 0 Å². The van der Waals surface area contributed by atoms with Crippen LogP contribution in [0.5, 0.6) is 5.75 Å². The number of rotatable bonds is 3. The van der Waals surface area contributed by atoms with Gasteiger partial charge in [-0.25, -0.2) is 0 Å². The molecule has 0 radical (unpaired) electrons. The van der Waals surface area contributed by atoms with Gasteiger partial charge >= 0.3 is 0 Å². The Balaban J connectivity index is 1.94. The molecule has 0 amide bonds. The van der Waals surface area contributed by atoms with Crippen molar-refractivity contribution in [2.24, 2.45) is 0 Å². The lowest BCUT2D eigenvalue weighted by molar-refractivity contribution is 0.304. The molecule has 0 saturated heterocycles. The molecule has 19 heavy (non-hydrogen) atoms. The summed E-state index contributed by atoms with van der Waals surface area (Å²) in [5, 5.41) is 3.43. The Hall–Kier alpha value is -1.32. The molecular weight excluding hydrogens is 302 g/mol. The molecule has 2 aromatic rings. The van der Waals surface area contributed by atoms with Crippen LogP contribution in [-0.2, 0) is 0 Å². The van der Waals surface area contributed by atoms with Crippen LogP contribution in [0.4, 0.5) is 0 Å². The second-order valence-electron chi connectivity index (χ2n) is 4.77. The van der Waals surface area contributed by atoms with Crippen molar-refractivity contribution in [3.05, 3.63) is 64.1 Å². The summed E-state index contributed by atoms with van der Waals surface area (Å²) < 4.78 is 6.90. The number of ether oxygens (including phenoxy) is 1. The maximum Gasteiger partial charge on any atom is 0.122 e. The van der Waals surface area contributed by atoms with Crippen molar-refractivity contribution >= 4 is 15.9 Å². The number of halogens is 1. The molecule has 2 unspecified atom stereocenters. The molecule has 2 nitrogen and oxygen atoms in total. The molecule has 1 N–H and O–H groups in total. The lowest BCUT2D eigenvalue weighted by Crippen LogP contribution is -2.24. The predicted molar refractivity (Wildman–Crippen MR) is 80.6 cm³/mol. The highest BCUT2D eigenvalue weighted by molar-refractivity contribution is 9.10.